The number of hydrogen-bond acceptors (Lipinski definition) is 4. The van der Waals surface area contributed by atoms with E-state index in [9.17, 15) is 9.59 Å². The van der Waals surface area contributed by atoms with Gasteiger partial charge in [0.15, 0.2) is 0 Å². The number of carbonyl (C=O) groups excluding carboxylic acids is 1. The molecule has 6 heteroatoms. The van der Waals surface area contributed by atoms with Crippen LogP contribution in [-0.4, -0.2) is 20.6 Å². The number of aromatic nitrogens is 3. The molecule has 0 spiro atoms. The Labute approximate surface area is 155 Å². The number of carbonyl (C=O) groups is 1. The van der Waals surface area contributed by atoms with Crippen molar-refractivity contribution < 1.29 is 4.79 Å². The second-order valence-corrected chi connectivity index (χ2v) is 6.47. The van der Waals surface area contributed by atoms with E-state index in [4.69, 9.17) is 0 Å². The molecule has 134 valence electrons. The fraction of sp³-hybridized carbons (Fsp3) is 0.143. The van der Waals surface area contributed by atoms with E-state index in [0.717, 1.165) is 32.4 Å². The quantitative estimate of drug-likeness (QED) is 0.611. The van der Waals surface area contributed by atoms with Gasteiger partial charge in [-0.3, -0.25) is 20.0 Å². The molecule has 0 aliphatic heterocycles. The molecule has 0 radical (unpaired) electrons. The molecule has 2 aromatic carbocycles. The van der Waals surface area contributed by atoms with Gasteiger partial charge < -0.3 is 0 Å². The summed E-state index contributed by atoms with van der Waals surface area (Å²) in [6.07, 6.45) is 1.47. The van der Waals surface area contributed by atoms with Gasteiger partial charge in [-0.05, 0) is 43.2 Å². The molecule has 1 amide bonds. The first-order valence-electron chi connectivity index (χ1n) is 8.65. The average Bonchev–Trinajstić information content (AvgIpc) is 2.67. The van der Waals surface area contributed by atoms with Crippen molar-refractivity contribution in [3.63, 3.8) is 0 Å². The molecule has 0 aliphatic rings. The van der Waals surface area contributed by atoms with E-state index in [1.54, 1.807) is 18.2 Å². The number of para-hydroxylation sites is 2. The summed E-state index contributed by atoms with van der Waals surface area (Å²) in [6, 6.07) is 14.9. The lowest BCUT2D eigenvalue weighted by Crippen LogP contribution is -2.34. The van der Waals surface area contributed by atoms with Crippen molar-refractivity contribution >= 4 is 27.7 Å². The van der Waals surface area contributed by atoms with Crippen LogP contribution in [-0.2, 0) is 11.2 Å². The van der Waals surface area contributed by atoms with Gasteiger partial charge in [0.1, 0.15) is 6.33 Å². The molecule has 6 nitrogen and oxygen atoms in total. The molecule has 4 aromatic rings. The molecule has 0 bridgehead atoms. The molecule has 2 aromatic heterocycles. The Hall–Kier alpha value is -3.54. The molecular weight excluding hydrogens is 340 g/mol. The van der Waals surface area contributed by atoms with E-state index in [1.165, 1.54) is 6.33 Å². The summed E-state index contributed by atoms with van der Waals surface area (Å²) in [6.45, 7) is 3.88. The zero-order valence-electron chi connectivity index (χ0n) is 15.1. The molecule has 0 atom stereocenters. The Morgan fingerprint density at radius 1 is 1.00 bits per heavy atom. The number of pyridine rings is 1. The maximum atomic E-state index is 12.6. The van der Waals surface area contributed by atoms with Gasteiger partial charge in [-0.15, -0.1) is 0 Å². The first-order chi connectivity index (χ1) is 13.0. The topological polar surface area (TPSA) is 76.9 Å². The summed E-state index contributed by atoms with van der Waals surface area (Å²) in [5, 5.41) is 1.48. The van der Waals surface area contributed by atoms with E-state index >= 15 is 0 Å². The van der Waals surface area contributed by atoms with Crippen LogP contribution in [0, 0.1) is 13.8 Å². The lowest BCUT2D eigenvalue weighted by Gasteiger charge is -2.13. The monoisotopic (exact) mass is 358 g/mol. The van der Waals surface area contributed by atoms with Gasteiger partial charge in [0.2, 0.25) is 5.91 Å². The van der Waals surface area contributed by atoms with Gasteiger partial charge in [-0.2, -0.15) is 0 Å². The van der Waals surface area contributed by atoms with Crippen LogP contribution < -0.4 is 11.0 Å². The maximum absolute atomic E-state index is 12.6. The highest BCUT2D eigenvalue weighted by Gasteiger charge is 2.14. The number of aryl methyl sites for hydroxylation is 2. The third kappa shape index (κ3) is 3.06. The summed E-state index contributed by atoms with van der Waals surface area (Å²) in [4.78, 5) is 33.9. The highest BCUT2D eigenvalue weighted by Crippen LogP contribution is 2.22. The molecule has 27 heavy (non-hydrogen) atoms. The van der Waals surface area contributed by atoms with Crippen LogP contribution in [0.3, 0.4) is 0 Å². The van der Waals surface area contributed by atoms with Gasteiger partial charge in [0, 0.05) is 11.1 Å². The molecule has 0 unspecified atom stereocenters. The minimum Gasteiger partial charge on any atom is -0.273 e. The standard InChI is InChI=1S/C21H18N4O2/c1-13-15-7-3-6-10-19(15)23-14(2)17(13)11-20(26)24-25-12-22-18-9-5-4-8-16(18)21(25)27/h3-10,12H,11H2,1-2H3,(H,24,26). The smallest absolute Gasteiger partial charge is 0.273 e. The highest BCUT2D eigenvalue weighted by atomic mass is 16.2. The zero-order chi connectivity index (χ0) is 19.0. The van der Waals surface area contributed by atoms with Crippen LogP contribution in [0.15, 0.2) is 59.7 Å². The van der Waals surface area contributed by atoms with Crippen LogP contribution in [0.4, 0.5) is 0 Å². The number of fused-ring (bicyclic) bond motifs is 2. The predicted molar refractivity (Wildman–Crippen MR) is 105 cm³/mol. The lowest BCUT2D eigenvalue weighted by atomic mass is 9.99. The lowest BCUT2D eigenvalue weighted by molar-refractivity contribution is -0.116. The van der Waals surface area contributed by atoms with Gasteiger partial charge in [-0.25, -0.2) is 9.66 Å². The van der Waals surface area contributed by atoms with Crippen molar-refractivity contribution in [2.75, 3.05) is 5.43 Å². The first-order valence-corrected chi connectivity index (χ1v) is 8.65. The van der Waals surface area contributed by atoms with Crippen molar-refractivity contribution in [1.82, 2.24) is 14.6 Å². The summed E-state index contributed by atoms with van der Waals surface area (Å²) < 4.78 is 1.13. The van der Waals surface area contributed by atoms with Gasteiger partial charge in [0.25, 0.3) is 5.56 Å². The SMILES string of the molecule is Cc1nc2ccccc2c(C)c1CC(=O)Nn1cnc2ccccc2c1=O. The Balaban J connectivity index is 1.65. The summed E-state index contributed by atoms with van der Waals surface area (Å²) >= 11 is 0. The van der Waals surface area contributed by atoms with E-state index in [-0.39, 0.29) is 17.9 Å². The normalized spacial score (nSPS) is 11.0. The first kappa shape index (κ1) is 16.9. The molecule has 0 aliphatic carbocycles. The average molecular weight is 358 g/mol. The van der Waals surface area contributed by atoms with E-state index in [2.05, 4.69) is 15.4 Å². The van der Waals surface area contributed by atoms with Crippen LogP contribution in [0.5, 0.6) is 0 Å². The third-order valence-corrected chi connectivity index (χ3v) is 4.73. The molecular formula is C21H18N4O2. The molecule has 4 rings (SSSR count). The fourth-order valence-corrected chi connectivity index (χ4v) is 3.31. The fourth-order valence-electron chi connectivity index (χ4n) is 3.31. The van der Waals surface area contributed by atoms with Gasteiger partial charge >= 0.3 is 0 Å². The Bertz CT molecular complexity index is 1240. The van der Waals surface area contributed by atoms with Crippen LogP contribution in [0.1, 0.15) is 16.8 Å². The Morgan fingerprint density at radius 3 is 2.44 bits per heavy atom. The van der Waals surface area contributed by atoms with Crippen molar-refractivity contribution in [2.24, 2.45) is 0 Å². The van der Waals surface area contributed by atoms with Crippen molar-refractivity contribution in [2.45, 2.75) is 20.3 Å². The highest BCUT2D eigenvalue weighted by molar-refractivity contribution is 5.89. The largest absolute Gasteiger partial charge is 0.280 e. The molecule has 0 saturated carbocycles. The molecule has 2 heterocycles. The van der Waals surface area contributed by atoms with Crippen molar-refractivity contribution in [3.05, 3.63) is 82.0 Å². The summed E-state index contributed by atoms with van der Waals surface area (Å²) in [7, 11) is 0. The van der Waals surface area contributed by atoms with E-state index in [1.807, 2.05) is 44.2 Å². The van der Waals surface area contributed by atoms with Crippen molar-refractivity contribution in [1.29, 1.82) is 0 Å². The second kappa shape index (κ2) is 6.64. The van der Waals surface area contributed by atoms with Gasteiger partial charge in [0.05, 0.1) is 22.8 Å². The van der Waals surface area contributed by atoms with Crippen molar-refractivity contribution in [3.8, 4) is 0 Å². The number of hydrogen-bond donors (Lipinski definition) is 1. The number of amides is 1. The minimum atomic E-state index is -0.306. The number of nitrogens with one attached hydrogen (secondary N) is 1. The Morgan fingerprint density at radius 2 is 1.67 bits per heavy atom. The molecule has 1 N–H and O–H groups in total. The third-order valence-electron chi connectivity index (χ3n) is 4.73. The van der Waals surface area contributed by atoms with E-state index in [0.29, 0.717) is 10.9 Å². The maximum Gasteiger partial charge on any atom is 0.280 e. The van der Waals surface area contributed by atoms with Crippen LogP contribution in [0.25, 0.3) is 21.8 Å². The van der Waals surface area contributed by atoms with Crippen LogP contribution >= 0.6 is 0 Å². The van der Waals surface area contributed by atoms with E-state index < -0.39 is 0 Å². The molecule has 0 fully saturated rings. The minimum absolute atomic E-state index is 0.134. The zero-order valence-corrected chi connectivity index (χ0v) is 15.1. The predicted octanol–water partition coefficient (Wildman–Crippen LogP) is 2.87. The summed E-state index contributed by atoms with van der Waals surface area (Å²) in [5.41, 5.74) is 6.53. The number of rotatable bonds is 3. The number of nitrogens with zero attached hydrogens (tertiary/aromatic N) is 3. The number of benzene rings is 2. The Kier molecular flexibility index (Phi) is 4.16. The van der Waals surface area contributed by atoms with Gasteiger partial charge in [-0.1, -0.05) is 30.3 Å². The molecule has 0 saturated heterocycles. The van der Waals surface area contributed by atoms with Crippen LogP contribution in [0.2, 0.25) is 0 Å². The summed E-state index contributed by atoms with van der Waals surface area (Å²) in [5.74, 6) is -0.294. The second-order valence-electron chi connectivity index (χ2n) is 6.47.